The zero-order valence-electron chi connectivity index (χ0n) is 20.2. The fourth-order valence-corrected chi connectivity index (χ4v) is 4.33. The van der Waals surface area contributed by atoms with Gasteiger partial charge in [0.25, 0.3) is 11.7 Å². The molecule has 4 rings (SSSR count). The number of aryl methyl sites for hydroxylation is 3. The molecule has 1 aliphatic rings. The molecule has 1 heterocycles. The van der Waals surface area contributed by atoms with Gasteiger partial charge in [-0.05, 0) is 67.3 Å². The van der Waals surface area contributed by atoms with Crippen LogP contribution in [0.5, 0.6) is 5.75 Å². The fraction of sp³-hybridized carbons (Fsp3) is 0.207. The Morgan fingerprint density at radius 2 is 1.63 bits per heavy atom. The number of nitrogens with zero attached hydrogens (tertiary/aromatic N) is 1. The highest BCUT2D eigenvalue weighted by Crippen LogP contribution is 2.43. The number of benzene rings is 3. The molecule has 0 aromatic heterocycles. The number of aliphatic hydroxyl groups is 1. The Labute approximate surface area is 204 Å². The molecular weight excluding hydrogens is 442 g/mol. The summed E-state index contributed by atoms with van der Waals surface area (Å²) in [5.74, 6) is -1.78. The van der Waals surface area contributed by atoms with Crippen LogP contribution in [0.3, 0.4) is 0 Å². The summed E-state index contributed by atoms with van der Waals surface area (Å²) in [6.07, 6.45) is 0.840. The second kappa shape index (κ2) is 9.58. The van der Waals surface area contributed by atoms with Crippen LogP contribution in [0.25, 0.3) is 5.76 Å². The van der Waals surface area contributed by atoms with E-state index in [0.717, 1.165) is 23.1 Å². The van der Waals surface area contributed by atoms with Crippen LogP contribution < -0.4 is 9.64 Å². The maximum absolute atomic E-state index is 13.3. The number of hydrogen-bond acceptors (Lipinski definition) is 5. The number of Topliss-reactive ketones (excluding diaryl/α,β-unsaturated/α-hetero) is 1. The number of anilines is 1. The Bertz CT molecular complexity index is 1340. The Hall–Kier alpha value is -4.19. The van der Waals surface area contributed by atoms with Crippen molar-refractivity contribution in [3.63, 3.8) is 0 Å². The van der Waals surface area contributed by atoms with Crippen molar-refractivity contribution in [1.82, 2.24) is 0 Å². The van der Waals surface area contributed by atoms with Gasteiger partial charge in [-0.3, -0.25) is 19.3 Å². The molecule has 6 heteroatoms. The SMILES string of the molecule is CCc1ccc(N2C(=O)C(=O)/C(=C(/O)c3cc(C)ccc3C)C2c2ccc(OC(C)=O)cc2)cc1. The molecule has 6 nitrogen and oxygen atoms in total. The van der Waals surface area contributed by atoms with Crippen LogP contribution in [0.1, 0.15) is 47.7 Å². The van der Waals surface area contributed by atoms with E-state index in [4.69, 9.17) is 4.74 Å². The first kappa shape index (κ1) is 24.0. The van der Waals surface area contributed by atoms with E-state index in [1.807, 2.05) is 57.2 Å². The predicted molar refractivity (Wildman–Crippen MR) is 134 cm³/mol. The van der Waals surface area contributed by atoms with Gasteiger partial charge in [0.1, 0.15) is 11.5 Å². The van der Waals surface area contributed by atoms with Gasteiger partial charge >= 0.3 is 5.97 Å². The zero-order chi connectivity index (χ0) is 25.3. The molecule has 1 fully saturated rings. The van der Waals surface area contributed by atoms with E-state index in [9.17, 15) is 19.5 Å². The number of aliphatic hydroxyl groups excluding tert-OH is 1. The molecule has 1 aliphatic heterocycles. The number of carbonyl (C=O) groups is 3. The quantitative estimate of drug-likeness (QED) is 0.177. The third-order valence-electron chi connectivity index (χ3n) is 6.17. The van der Waals surface area contributed by atoms with Crippen molar-refractivity contribution in [2.24, 2.45) is 0 Å². The Morgan fingerprint density at radius 3 is 2.23 bits per heavy atom. The number of ether oxygens (including phenoxy) is 1. The maximum Gasteiger partial charge on any atom is 0.308 e. The Kier molecular flexibility index (Phi) is 6.56. The number of ketones is 1. The van der Waals surface area contributed by atoms with Gasteiger partial charge in [0.05, 0.1) is 11.6 Å². The van der Waals surface area contributed by atoms with Gasteiger partial charge < -0.3 is 9.84 Å². The molecule has 0 bridgehead atoms. The van der Waals surface area contributed by atoms with E-state index < -0.39 is 23.7 Å². The monoisotopic (exact) mass is 469 g/mol. The second-order valence-corrected chi connectivity index (χ2v) is 8.67. The third-order valence-corrected chi connectivity index (χ3v) is 6.17. The summed E-state index contributed by atoms with van der Waals surface area (Å²) in [6.45, 7) is 7.09. The molecule has 0 saturated carbocycles. The van der Waals surface area contributed by atoms with Crippen molar-refractivity contribution in [2.75, 3.05) is 4.90 Å². The van der Waals surface area contributed by atoms with Crippen LogP contribution >= 0.6 is 0 Å². The largest absolute Gasteiger partial charge is 0.507 e. The molecule has 0 aliphatic carbocycles. The summed E-state index contributed by atoms with van der Waals surface area (Å²) in [7, 11) is 0. The molecule has 1 atom stereocenters. The lowest BCUT2D eigenvalue weighted by Crippen LogP contribution is -2.29. The van der Waals surface area contributed by atoms with Crippen molar-refractivity contribution < 1.29 is 24.2 Å². The second-order valence-electron chi connectivity index (χ2n) is 8.67. The van der Waals surface area contributed by atoms with Crippen LogP contribution in [0.4, 0.5) is 5.69 Å². The first-order chi connectivity index (χ1) is 16.7. The van der Waals surface area contributed by atoms with E-state index in [-0.39, 0.29) is 11.3 Å². The lowest BCUT2D eigenvalue weighted by atomic mass is 9.93. The first-order valence-electron chi connectivity index (χ1n) is 11.5. The molecule has 0 spiro atoms. The first-order valence-corrected chi connectivity index (χ1v) is 11.5. The molecule has 0 radical (unpaired) electrons. The summed E-state index contributed by atoms with van der Waals surface area (Å²) in [6, 6.07) is 18.8. The van der Waals surface area contributed by atoms with Gasteiger partial charge in [-0.15, -0.1) is 0 Å². The number of rotatable bonds is 5. The van der Waals surface area contributed by atoms with E-state index >= 15 is 0 Å². The van der Waals surface area contributed by atoms with E-state index in [1.165, 1.54) is 11.8 Å². The summed E-state index contributed by atoms with van der Waals surface area (Å²) in [5.41, 5.74) is 4.49. The minimum Gasteiger partial charge on any atom is -0.507 e. The summed E-state index contributed by atoms with van der Waals surface area (Å²) < 4.78 is 5.14. The normalized spacial score (nSPS) is 17.0. The van der Waals surface area contributed by atoms with Gasteiger partial charge in [-0.25, -0.2) is 0 Å². The molecular formula is C29H27NO5. The maximum atomic E-state index is 13.3. The smallest absolute Gasteiger partial charge is 0.308 e. The minimum absolute atomic E-state index is 0.0171. The van der Waals surface area contributed by atoms with Crippen LogP contribution in [0.2, 0.25) is 0 Å². The van der Waals surface area contributed by atoms with Gasteiger partial charge in [-0.2, -0.15) is 0 Å². The van der Waals surface area contributed by atoms with Crippen LogP contribution in [-0.2, 0) is 20.8 Å². The molecule has 35 heavy (non-hydrogen) atoms. The third kappa shape index (κ3) is 4.60. The molecule has 1 amide bonds. The van der Waals surface area contributed by atoms with Crippen molar-refractivity contribution in [3.8, 4) is 5.75 Å². The zero-order valence-corrected chi connectivity index (χ0v) is 20.2. The summed E-state index contributed by atoms with van der Waals surface area (Å²) in [4.78, 5) is 39.4. The Balaban J connectivity index is 1.91. The fourth-order valence-electron chi connectivity index (χ4n) is 4.33. The molecule has 1 unspecified atom stereocenters. The molecule has 1 saturated heterocycles. The highest BCUT2D eigenvalue weighted by Gasteiger charge is 2.47. The molecule has 3 aromatic rings. The number of carbonyl (C=O) groups excluding carboxylic acids is 3. The molecule has 1 N–H and O–H groups in total. The summed E-state index contributed by atoms with van der Waals surface area (Å²) in [5, 5.41) is 11.4. The van der Waals surface area contributed by atoms with Crippen molar-refractivity contribution in [1.29, 1.82) is 0 Å². The van der Waals surface area contributed by atoms with Crippen molar-refractivity contribution in [3.05, 3.63) is 100 Å². The number of esters is 1. The number of amides is 1. The standard InChI is InChI=1S/C29H27NO5/c1-5-20-8-12-22(13-9-20)30-26(21-10-14-23(15-11-21)35-19(4)31)25(28(33)29(30)34)27(32)24-16-17(2)6-7-18(24)3/h6-16,26,32H,5H2,1-4H3/b27-25+. The highest BCUT2D eigenvalue weighted by atomic mass is 16.5. The predicted octanol–water partition coefficient (Wildman–Crippen LogP) is 5.42. The molecule has 3 aromatic carbocycles. The van der Waals surface area contributed by atoms with Crippen molar-refractivity contribution >= 4 is 29.1 Å². The van der Waals surface area contributed by atoms with Crippen molar-refractivity contribution in [2.45, 2.75) is 40.2 Å². The van der Waals surface area contributed by atoms with Gasteiger partial charge in [0, 0.05) is 18.2 Å². The lowest BCUT2D eigenvalue weighted by molar-refractivity contribution is -0.132. The topological polar surface area (TPSA) is 83.9 Å². The summed E-state index contributed by atoms with van der Waals surface area (Å²) >= 11 is 0. The average molecular weight is 470 g/mol. The van der Waals surface area contributed by atoms with Gasteiger partial charge in [0.2, 0.25) is 0 Å². The lowest BCUT2D eigenvalue weighted by Gasteiger charge is -2.26. The van der Waals surface area contributed by atoms with Gasteiger partial charge in [0.15, 0.2) is 0 Å². The van der Waals surface area contributed by atoms with Crippen LogP contribution in [-0.4, -0.2) is 22.8 Å². The van der Waals surface area contributed by atoms with Crippen LogP contribution in [0.15, 0.2) is 72.3 Å². The number of hydrogen-bond donors (Lipinski definition) is 1. The van der Waals surface area contributed by atoms with Gasteiger partial charge in [-0.1, -0.05) is 48.9 Å². The average Bonchev–Trinajstić information content (AvgIpc) is 3.10. The van der Waals surface area contributed by atoms with E-state index in [1.54, 1.807) is 30.3 Å². The Morgan fingerprint density at radius 1 is 0.971 bits per heavy atom. The minimum atomic E-state index is -0.853. The van der Waals surface area contributed by atoms with E-state index in [0.29, 0.717) is 22.6 Å². The highest BCUT2D eigenvalue weighted by molar-refractivity contribution is 6.51. The van der Waals surface area contributed by atoms with Crippen LogP contribution in [0, 0.1) is 13.8 Å². The van der Waals surface area contributed by atoms with E-state index in [2.05, 4.69) is 0 Å². The molecule has 178 valence electrons.